The van der Waals surface area contributed by atoms with Crippen LogP contribution < -0.4 is 24.8 Å². The van der Waals surface area contributed by atoms with Crippen molar-refractivity contribution in [3.8, 4) is 22.3 Å². The number of benzene rings is 7. The van der Waals surface area contributed by atoms with Gasteiger partial charge >= 0.3 is 0 Å². The summed E-state index contributed by atoms with van der Waals surface area (Å²) in [6.45, 7) is 0.111. The van der Waals surface area contributed by atoms with Crippen molar-refractivity contribution < 1.29 is 0 Å². The normalized spacial score (nSPS) is 13.0. The van der Waals surface area contributed by atoms with Crippen molar-refractivity contribution in [2.75, 3.05) is 9.80 Å². The molecule has 5 heteroatoms. The second kappa shape index (κ2) is 11.3. The van der Waals surface area contributed by atoms with Crippen molar-refractivity contribution in [2.24, 2.45) is 0 Å². The molecule has 2 aromatic heterocycles. The van der Waals surface area contributed by atoms with E-state index in [4.69, 9.17) is 0 Å². The molecule has 0 saturated heterocycles. The molecule has 0 fully saturated rings. The fraction of sp³-hybridized carbons (Fsp3) is 0. The van der Waals surface area contributed by atoms with Crippen molar-refractivity contribution in [1.29, 1.82) is 0 Å². The van der Waals surface area contributed by atoms with E-state index in [9.17, 15) is 0 Å². The van der Waals surface area contributed by atoms with Crippen molar-refractivity contribution in [3.63, 3.8) is 0 Å². The van der Waals surface area contributed by atoms with Crippen LogP contribution in [-0.2, 0) is 0 Å². The number of rotatable bonds is 4. The minimum atomic E-state index is 0.111. The maximum Gasteiger partial charge on any atom is 0.277 e. The Morgan fingerprint density at radius 3 is 1.65 bits per heavy atom. The van der Waals surface area contributed by atoms with Crippen LogP contribution in [0.4, 0.5) is 34.1 Å². The van der Waals surface area contributed by atoms with Crippen molar-refractivity contribution in [2.45, 2.75) is 0 Å². The number of hydrogen-bond acceptors (Lipinski definition) is 4. The molecule has 0 bridgehead atoms. The number of thiophene rings is 2. The van der Waals surface area contributed by atoms with Gasteiger partial charge < -0.3 is 9.80 Å². The average molecular weight is 685 g/mol. The first-order valence-electron chi connectivity index (χ1n) is 17.4. The van der Waals surface area contributed by atoms with Gasteiger partial charge in [-0.15, -0.1) is 22.7 Å². The van der Waals surface area contributed by atoms with E-state index in [0.29, 0.717) is 0 Å². The lowest BCUT2D eigenvalue weighted by Crippen LogP contribution is -2.59. The summed E-state index contributed by atoms with van der Waals surface area (Å²) in [6, 6.07) is 64.3. The molecule has 11 rings (SSSR count). The van der Waals surface area contributed by atoms with Gasteiger partial charge in [-0.3, -0.25) is 0 Å². The van der Waals surface area contributed by atoms with Gasteiger partial charge in [-0.25, -0.2) is 0 Å². The zero-order valence-electron chi connectivity index (χ0n) is 27.5. The zero-order chi connectivity index (χ0) is 33.5. The third-order valence-electron chi connectivity index (χ3n) is 10.4. The summed E-state index contributed by atoms with van der Waals surface area (Å²) < 4.78 is 5.47. The highest BCUT2D eigenvalue weighted by atomic mass is 32.1. The summed E-state index contributed by atoms with van der Waals surface area (Å²) in [5.41, 5.74) is 13.8. The van der Waals surface area contributed by atoms with Crippen molar-refractivity contribution in [1.82, 2.24) is 0 Å². The molecular formula is C46H29BN2S2. The van der Waals surface area contributed by atoms with Gasteiger partial charge in [-0.2, -0.15) is 0 Å². The van der Waals surface area contributed by atoms with Crippen LogP contribution >= 0.6 is 22.7 Å². The number of anilines is 6. The molecule has 2 aliphatic rings. The molecule has 0 spiro atoms. The first-order chi connectivity index (χ1) is 25.3. The van der Waals surface area contributed by atoms with Crippen LogP contribution in [0, 0.1) is 0 Å². The van der Waals surface area contributed by atoms with Gasteiger partial charge in [0, 0.05) is 52.5 Å². The molecule has 0 saturated carbocycles. The van der Waals surface area contributed by atoms with Crippen LogP contribution in [0.2, 0.25) is 0 Å². The summed E-state index contributed by atoms with van der Waals surface area (Å²) >= 11 is 3.93. The second-order valence-electron chi connectivity index (χ2n) is 13.2. The fourth-order valence-corrected chi connectivity index (χ4v) is 11.1. The standard InChI is InChI=1S/C46H29BN2S2/c1-4-14-30(15-5-1)31-26-28-34(29-27-31)49-39-24-13-23-38-41(39)47(46-43(49)37-22-12-21-35(44(37)51-46)32-16-6-2-7-17-32)45-42(36-20-10-11-25-40(36)50-45)48(38)33-18-8-3-9-19-33/h1-29H. The average Bonchev–Trinajstić information content (AvgIpc) is 3.78. The quantitative estimate of drug-likeness (QED) is 0.170. The van der Waals surface area contributed by atoms with E-state index in [1.165, 1.54) is 91.6 Å². The van der Waals surface area contributed by atoms with Gasteiger partial charge in [-0.1, -0.05) is 133 Å². The van der Waals surface area contributed by atoms with Crippen LogP contribution in [0.1, 0.15) is 0 Å². The lowest BCUT2D eigenvalue weighted by Gasteiger charge is -2.42. The van der Waals surface area contributed by atoms with Gasteiger partial charge in [-0.05, 0) is 70.2 Å². The molecule has 9 aromatic rings. The lowest BCUT2D eigenvalue weighted by molar-refractivity contribution is 1.28. The van der Waals surface area contributed by atoms with Crippen molar-refractivity contribution >= 4 is 98.7 Å². The molecule has 2 aliphatic heterocycles. The molecule has 0 atom stereocenters. The molecule has 2 nitrogen and oxygen atoms in total. The first kappa shape index (κ1) is 28.9. The Morgan fingerprint density at radius 2 is 0.922 bits per heavy atom. The second-order valence-corrected chi connectivity index (χ2v) is 15.4. The Bertz CT molecular complexity index is 2750. The van der Waals surface area contributed by atoms with Gasteiger partial charge in [0.1, 0.15) is 0 Å². The topological polar surface area (TPSA) is 6.48 Å². The number of nitrogens with zero attached hydrogens (tertiary/aromatic N) is 2. The third kappa shape index (κ3) is 4.29. The van der Waals surface area contributed by atoms with E-state index < -0.39 is 0 Å². The molecule has 0 N–H and O–H groups in total. The van der Waals surface area contributed by atoms with E-state index in [1.807, 2.05) is 22.7 Å². The number of para-hydroxylation sites is 1. The summed E-state index contributed by atoms with van der Waals surface area (Å²) in [5.74, 6) is 0. The summed E-state index contributed by atoms with van der Waals surface area (Å²) in [5, 5.41) is 2.61. The Kier molecular flexibility index (Phi) is 6.42. The lowest BCUT2D eigenvalue weighted by atomic mass is 9.39. The highest BCUT2D eigenvalue weighted by Crippen LogP contribution is 2.51. The Hall–Kier alpha value is -5.88. The Morgan fingerprint density at radius 1 is 0.392 bits per heavy atom. The molecule has 51 heavy (non-hydrogen) atoms. The summed E-state index contributed by atoms with van der Waals surface area (Å²) in [4.78, 5) is 5.07. The van der Waals surface area contributed by atoms with Crippen LogP contribution in [0.15, 0.2) is 176 Å². The van der Waals surface area contributed by atoms with E-state index in [0.717, 1.165) is 0 Å². The summed E-state index contributed by atoms with van der Waals surface area (Å²) in [7, 11) is 0. The Labute approximate surface area is 305 Å². The monoisotopic (exact) mass is 684 g/mol. The number of fused-ring (bicyclic) bond motifs is 8. The van der Waals surface area contributed by atoms with Crippen LogP contribution in [0.5, 0.6) is 0 Å². The molecule has 7 aromatic carbocycles. The predicted molar refractivity (Wildman–Crippen MR) is 222 cm³/mol. The Balaban J connectivity index is 1.23. The molecule has 4 heterocycles. The molecule has 0 unspecified atom stereocenters. The van der Waals surface area contributed by atoms with E-state index >= 15 is 0 Å². The molecule has 238 valence electrons. The fourth-order valence-electron chi connectivity index (χ4n) is 8.27. The smallest absolute Gasteiger partial charge is 0.277 e. The highest BCUT2D eigenvalue weighted by molar-refractivity contribution is 7.41. The van der Waals surface area contributed by atoms with Gasteiger partial charge in [0.25, 0.3) is 6.71 Å². The third-order valence-corrected chi connectivity index (χ3v) is 13.0. The molecule has 0 amide bonds. The van der Waals surface area contributed by atoms with Gasteiger partial charge in [0.05, 0.1) is 11.4 Å². The SMILES string of the molecule is c1ccc(-c2ccc(N3c4cccc5c4B(c4sc6ccccc6c4N5c4ccccc4)c4sc5c(-c6ccccc6)cccc5c43)cc2)cc1. The molecule has 0 aliphatic carbocycles. The minimum absolute atomic E-state index is 0.111. The van der Waals surface area contributed by atoms with Crippen molar-refractivity contribution in [3.05, 3.63) is 176 Å². The zero-order valence-corrected chi connectivity index (χ0v) is 29.2. The minimum Gasteiger partial charge on any atom is -0.310 e. The number of hydrogen-bond donors (Lipinski definition) is 0. The first-order valence-corrected chi connectivity index (χ1v) is 19.0. The van der Waals surface area contributed by atoms with Gasteiger partial charge in [0.2, 0.25) is 0 Å². The highest BCUT2D eigenvalue weighted by Gasteiger charge is 2.46. The summed E-state index contributed by atoms with van der Waals surface area (Å²) in [6.07, 6.45) is 0. The largest absolute Gasteiger partial charge is 0.310 e. The van der Waals surface area contributed by atoms with Crippen LogP contribution in [-0.4, -0.2) is 6.71 Å². The molecule has 0 radical (unpaired) electrons. The van der Waals surface area contributed by atoms with Crippen LogP contribution in [0.3, 0.4) is 0 Å². The van der Waals surface area contributed by atoms with Crippen LogP contribution in [0.25, 0.3) is 42.4 Å². The van der Waals surface area contributed by atoms with E-state index in [-0.39, 0.29) is 6.71 Å². The van der Waals surface area contributed by atoms with E-state index in [2.05, 4.69) is 186 Å². The molecular weight excluding hydrogens is 655 g/mol. The maximum absolute atomic E-state index is 2.55. The predicted octanol–water partition coefficient (Wildman–Crippen LogP) is 11.5. The maximum atomic E-state index is 2.55. The van der Waals surface area contributed by atoms with E-state index in [1.54, 1.807) is 0 Å². The van der Waals surface area contributed by atoms with Gasteiger partial charge in [0.15, 0.2) is 0 Å².